The molecule has 2 rings (SSSR count). The predicted octanol–water partition coefficient (Wildman–Crippen LogP) is 2.90. The summed E-state index contributed by atoms with van der Waals surface area (Å²) in [4.78, 5) is 4.34. The molecule has 2 aromatic rings. The fourth-order valence-corrected chi connectivity index (χ4v) is 2.40. The van der Waals surface area contributed by atoms with Crippen LogP contribution in [0.4, 0.5) is 0 Å². The number of nitrogens with zero attached hydrogens (tertiary/aromatic N) is 2. The van der Waals surface area contributed by atoms with Crippen LogP contribution in [0.2, 0.25) is 0 Å². The number of imidazole rings is 1. The number of ether oxygens (including phenoxy) is 3. The highest BCUT2D eigenvalue weighted by atomic mass is 35.6. The number of aryl methyl sites for hydroxylation is 1. The van der Waals surface area contributed by atoms with Crippen LogP contribution in [0, 0.1) is 0 Å². The zero-order valence-corrected chi connectivity index (χ0v) is 14.4. The highest BCUT2D eigenvalue weighted by Gasteiger charge is 2.29. The molecule has 9 heteroatoms. The van der Waals surface area contributed by atoms with Crippen molar-refractivity contribution in [3.05, 3.63) is 24.0 Å². The van der Waals surface area contributed by atoms with E-state index in [1.54, 1.807) is 24.8 Å². The molecule has 0 aliphatic heterocycles. The van der Waals surface area contributed by atoms with Crippen molar-refractivity contribution in [2.45, 2.75) is 3.79 Å². The minimum Gasteiger partial charge on any atom is -0.478 e. The number of rotatable bonds is 7. The maximum absolute atomic E-state index is 5.90. The third kappa shape index (κ3) is 4.38. The third-order valence-corrected chi connectivity index (χ3v) is 3.36. The third-order valence-electron chi connectivity index (χ3n) is 2.85. The lowest BCUT2D eigenvalue weighted by atomic mass is 10.3. The van der Waals surface area contributed by atoms with E-state index in [1.165, 1.54) is 0 Å². The smallest absolute Gasteiger partial charge is 0.248 e. The number of aromatic nitrogens is 2. The Morgan fingerprint density at radius 3 is 2.73 bits per heavy atom. The van der Waals surface area contributed by atoms with Crippen LogP contribution in [0.5, 0.6) is 5.75 Å². The summed E-state index contributed by atoms with van der Waals surface area (Å²) in [6.07, 6.45) is 0. The molecule has 0 aliphatic rings. The van der Waals surface area contributed by atoms with Gasteiger partial charge in [0, 0.05) is 20.2 Å². The second kappa shape index (κ2) is 7.68. The van der Waals surface area contributed by atoms with Gasteiger partial charge in [-0.05, 0) is 12.1 Å². The van der Waals surface area contributed by atoms with E-state index in [1.807, 2.05) is 12.1 Å². The van der Waals surface area contributed by atoms with Crippen molar-refractivity contribution in [3.8, 4) is 5.75 Å². The Morgan fingerprint density at radius 1 is 1.27 bits per heavy atom. The Labute approximate surface area is 143 Å². The molecule has 1 aromatic heterocycles. The topological polar surface area (TPSA) is 57.5 Å². The Hall–Kier alpha value is -0.760. The van der Waals surface area contributed by atoms with Crippen molar-refractivity contribution < 1.29 is 14.2 Å². The summed E-state index contributed by atoms with van der Waals surface area (Å²) in [7, 11) is 3.35. The maximum atomic E-state index is 5.90. The molecule has 0 saturated heterocycles. The zero-order valence-electron chi connectivity index (χ0n) is 12.1. The van der Waals surface area contributed by atoms with E-state index in [0.717, 1.165) is 5.52 Å². The number of hydrogen-bond acceptors (Lipinski definition) is 5. The Bertz CT molecular complexity index is 628. The largest absolute Gasteiger partial charge is 0.478 e. The molecule has 6 nitrogen and oxygen atoms in total. The predicted molar refractivity (Wildman–Crippen MR) is 86.4 cm³/mol. The highest BCUT2D eigenvalue weighted by molar-refractivity contribution is 6.66. The average Bonchev–Trinajstić information content (AvgIpc) is 2.79. The first-order valence-corrected chi connectivity index (χ1v) is 7.50. The Balaban J connectivity index is 2.02. The standard InChI is InChI=1S/C13H16Cl3N3O3/c1-19-11-4-3-9(22-7-17-6-21-8-20-2)5-10(11)18-12(19)13(14,15)16/h3-5,17H,6-8H2,1-2H3. The summed E-state index contributed by atoms with van der Waals surface area (Å²) in [6.45, 7) is 0.850. The molecular weight excluding hydrogens is 353 g/mol. The lowest BCUT2D eigenvalue weighted by Gasteiger charge is -2.10. The van der Waals surface area contributed by atoms with Crippen molar-refractivity contribution in [1.29, 1.82) is 0 Å². The number of fused-ring (bicyclic) bond motifs is 1. The van der Waals surface area contributed by atoms with Gasteiger partial charge in [0.25, 0.3) is 0 Å². The molecule has 0 aliphatic carbocycles. The first-order chi connectivity index (χ1) is 10.4. The fourth-order valence-electron chi connectivity index (χ4n) is 1.90. The number of methoxy groups -OCH3 is 1. The number of nitrogens with one attached hydrogen (secondary N) is 1. The van der Waals surface area contributed by atoms with Crippen molar-refractivity contribution >= 4 is 45.8 Å². The molecule has 0 atom stereocenters. The maximum Gasteiger partial charge on any atom is 0.248 e. The molecule has 22 heavy (non-hydrogen) atoms. The molecule has 0 bridgehead atoms. The summed E-state index contributed by atoms with van der Waals surface area (Å²) in [5.74, 6) is 1.01. The van der Waals surface area contributed by atoms with E-state index in [2.05, 4.69) is 10.3 Å². The van der Waals surface area contributed by atoms with Gasteiger partial charge in [-0.25, -0.2) is 4.98 Å². The lowest BCUT2D eigenvalue weighted by molar-refractivity contribution is -0.0411. The number of benzene rings is 1. The molecule has 0 fully saturated rings. The molecule has 122 valence electrons. The van der Waals surface area contributed by atoms with Crippen LogP contribution in [0.3, 0.4) is 0 Å². The van der Waals surface area contributed by atoms with Crippen molar-refractivity contribution in [2.75, 3.05) is 27.4 Å². The zero-order chi connectivity index (χ0) is 16.2. The summed E-state index contributed by atoms with van der Waals surface area (Å²) < 4.78 is 15.5. The van der Waals surface area contributed by atoms with E-state index >= 15 is 0 Å². The average molecular weight is 369 g/mol. The minimum absolute atomic E-state index is 0.229. The summed E-state index contributed by atoms with van der Waals surface area (Å²) in [5, 5.41) is 2.94. The molecule has 0 radical (unpaired) electrons. The SMILES string of the molecule is COCOCNCOc1ccc2c(c1)nc(C(Cl)(Cl)Cl)n2C. The minimum atomic E-state index is -1.57. The summed E-state index contributed by atoms with van der Waals surface area (Å²) in [5.41, 5.74) is 1.54. The van der Waals surface area contributed by atoms with Gasteiger partial charge >= 0.3 is 0 Å². The van der Waals surface area contributed by atoms with Gasteiger partial charge in [0.15, 0.2) is 5.82 Å². The van der Waals surface area contributed by atoms with E-state index in [0.29, 0.717) is 30.6 Å². The van der Waals surface area contributed by atoms with Crippen LogP contribution in [0.1, 0.15) is 5.82 Å². The fraction of sp³-hybridized carbons (Fsp3) is 0.462. The van der Waals surface area contributed by atoms with Crippen LogP contribution in [-0.2, 0) is 20.3 Å². The molecule has 0 amide bonds. The van der Waals surface area contributed by atoms with Crippen LogP contribution in [0.25, 0.3) is 11.0 Å². The van der Waals surface area contributed by atoms with Crippen molar-refractivity contribution in [1.82, 2.24) is 14.9 Å². The Kier molecular flexibility index (Phi) is 6.14. The van der Waals surface area contributed by atoms with Crippen molar-refractivity contribution in [2.24, 2.45) is 7.05 Å². The van der Waals surface area contributed by atoms with Crippen LogP contribution in [0.15, 0.2) is 18.2 Å². The highest BCUT2D eigenvalue weighted by Crippen LogP contribution is 2.38. The molecule has 1 aromatic carbocycles. The molecule has 0 saturated carbocycles. The van der Waals surface area contributed by atoms with Gasteiger partial charge in [-0.15, -0.1) is 0 Å². The lowest BCUT2D eigenvalue weighted by Crippen LogP contribution is -2.23. The van der Waals surface area contributed by atoms with Gasteiger partial charge in [-0.1, -0.05) is 34.8 Å². The number of alkyl halides is 3. The number of halogens is 3. The van der Waals surface area contributed by atoms with Crippen molar-refractivity contribution in [3.63, 3.8) is 0 Å². The normalized spacial score (nSPS) is 12.0. The van der Waals surface area contributed by atoms with Crippen LogP contribution >= 0.6 is 34.8 Å². The van der Waals surface area contributed by atoms with E-state index in [-0.39, 0.29) is 6.79 Å². The van der Waals surface area contributed by atoms with Crippen LogP contribution < -0.4 is 10.1 Å². The first kappa shape index (κ1) is 17.6. The second-order valence-electron chi connectivity index (χ2n) is 4.44. The summed E-state index contributed by atoms with van der Waals surface area (Å²) >= 11 is 17.7. The van der Waals surface area contributed by atoms with E-state index < -0.39 is 3.79 Å². The van der Waals surface area contributed by atoms with Gasteiger partial charge in [-0.3, -0.25) is 5.32 Å². The van der Waals surface area contributed by atoms with Gasteiger partial charge in [0.1, 0.15) is 26.0 Å². The monoisotopic (exact) mass is 367 g/mol. The molecule has 1 heterocycles. The van der Waals surface area contributed by atoms with Gasteiger partial charge < -0.3 is 18.8 Å². The van der Waals surface area contributed by atoms with E-state index in [4.69, 9.17) is 49.0 Å². The molecule has 1 N–H and O–H groups in total. The molecule has 0 unspecified atom stereocenters. The van der Waals surface area contributed by atoms with E-state index in [9.17, 15) is 0 Å². The molecular formula is C13H16Cl3N3O3. The Morgan fingerprint density at radius 2 is 2.05 bits per heavy atom. The first-order valence-electron chi connectivity index (χ1n) is 6.37. The number of hydrogen-bond donors (Lipinski definition) is 1. The van der Waals surface area contributed by atoms with Gasteiger partial charge in [0.05, 0.1) is 11.0 Å². The summed E-state index contributed by atoms with van der Waals surface area (Å²) in [6, 6.07) is 5.47. The van der Waals surface area contributed by atoms with Gasteiger partial charge in [0.2, 0.25) is 3.79 Å². The molecule has 0 spiro atoms. The second-order valence-corrected chi connectivity index (χ2v) is 6.72. The van der Waals surface area contributed by atoms with Crippen LogP contribution in [-0.4, -0.2) is 36.9 Å². The van der Waals surface area contributed by atoms with Gasteiger partial charge in [-0.2, -0.15) is 0 Å². The quantitative estimate of drug-likeness (QED) is 0.463.